The van der Waals surface area contributed by atoms with Crippen molar-refractivity contribution in [2.24, 2.45) is 0 Å². The summed E-state index contributed by atoms with van der Waals surface area (Å²) in [4.78, 5) is 12.1. The predicted octanol–water partition coefficient (Wildman–Crippen LogP) is 4.34. The Labute approximate surface area is 138 Å². The Morgan fingerprint density at radius 1 is 1.13 bits per heavy atom. The quantitative estimate of drug-likeness (QED) is 0.610. The van der Waals surface area contributed by atoms with Crippen LogP contribution in [0.15, 0.2) is 42.5 Å². The summed E-state index contributed by atoms with van der Waals surface area (Å²) in [5, 5.41) is 3.44. The van der Waals surface area contributed by atoms with Crippen LogP contribution >= 0.6 is 0 Å². The first-order chi connectivity index (χ1) is 11.2. The zero-order valence-electron chi connectivity index (χ0n) is 14.2. The molecule has 0 aliphatic carbocycles. The predicted molar refractivity (Wildman–Crippen MR) is 94.6 cm³/mol. The van der Waals surface area contributed by atoms with Crippen molar-refractivity contribution in [3.05, 3.63) is 59.2 Å². The first kappa shape index (κ1) is 17.2. The standard InChI is InChI=1S/C20H25NO2/c1-4-5-12-21-14-16-10-11-18(20(22)23-3)19(13-16)17-9-7-6-8-15(17)2/h6-11,13,21H,4-5,12,14H2,1-3H3. The number of nitrogens with one attached hydrogen (secondary N) is 1. The van der Waals surface area contributed by atoms with Gasteiger partial charge in [0.25, 0.3) is 0 Å². The third kappa shape index (κ3) is 4.42. The van der Waals surface area contributed by atoms with E-state index in [0.29, 0.717) is 5.56 Å². The summed E-state index contributed by atoms with van der Waals surface area (Å²) in [7, 11) is 1.42. The Morgan fingerprint density at radius 2 is 1.91 bits per heavy atom. The molecule has 0 unspecified atom stereocenters. The highest BCUT2D eigenvalue weighted by Crippen LogP contribution is 2.28. The lowest BCUT2D eigenvalue weighted by Gasteiger charge is -2.13. The molecule has 122 valence electrons. The number of esters is 1. The molecule has 23 heavy (non-hydrogen) atoms. The van der Waals surface area contributed by atoms with Crippen molar-refractivity contribution in [3.8, 4) is 11.1 Å². The van der Waals surface area contributed by atoms with Gasteiger partial charge in [-0.2, -0.15) is 0 Å². The van der Waals surface area contributed by atoms with Crippen molar-refractivity contribution in [1.82, 2.24) is 5.32 Å². The summed E-state index contributed by atoms with van der Waals surface area (Å²) < 4.78 is 4.94. The lowest BCUT2D eigenvalue weighted by atomic mass is 9.94. The molecule has 2 rings (SSSR count). The molecule has 3 heteroatoms. The van der Waals surface area contributed by atoms with E-state index in [4.69, 9.17) is 4.74 Å². The number of hydrogen-bond acceptors (Lipinski definition) is 3. The highest BCUT2D eigenvalue weighted by atomic mass is 16.5. The van der Waals surface area contributed by atoms with E-state index in [0.717, 1.165) is 29.8 Å². The van der Waals surface area contributed by atoms with E-state index in [1.807, 2.05) is 30.3 Å². The van der Waals surface area contributed by atoms with Gasteiger partial charge in [0.05, 0.1) is 12.7 Å². The molecule has 0 heterocycles. The smallest absolute Gasteiger partial charge is 0.338 e. The normalized spacial score (nSPS) is 10.6. The van der Waals surface area contributed by atoms with Crippen molar-refractivity contribution < 1.29 is 9.53 Å². The topological polar surface area (TPSA) is 38.3 Å². The molecule has 1 N–H and O–H groups in total. The van der Waals surface area contributed by atoms with Crippen LogP contribution in [0.4, 0.5) is 0 Å². The van der Waals surface area contributed by atoms with E-state index in [1.165, 1.54) is 25.5 Å². The van der Waals surface area contributed by atoms with Crippen LogP contribution in [0.1, 0.15) is 41.3 Å². The maximum absolute atomic E-state index is 12.1. The summed E-state index contributed by atoms with van der Waals surface area (Å²) in [6, 6.07) is 14.1. The summed E-state index contributed by atoms with van der Waals surface area (Å²) in [5.41, 5.74) is 4.94. The van der Waals surface area contributed by atoms with E-state index in [1.54, 1.807) is 0 Å². The molecule has 0 amide bonds. The number of carbonyl (C=O) groups excluding carboxylic acids is 1. The van der Waals surface area contributed by atoms with E-state index >= 15 is 0 Å². The third-order valence-corrected chi connectivity index (χ3v) is 3.96. The van der Waals surface area contributed by atoms with E-state index in [2.05, 4.69) is 31.3 Å². The SMILES string of the molecule is CCCCNCc1ccc(C(=O)OC)c(-c2ccccc2C)c1. The third-order valence-electron chi connectivity index (χ3n) is 3.96. The molecular weight excluding hydrogens is 286 g/mol. The van der Waals surface area contributed by atoms with Crippen molar-refractivity contribution in [3.63, 3.8) is 0 Å². The van der Waals surface area contributed by atoms with Gasteiger partial charge in [0.15, 0.2) is 0 Å². The Kier molecular flexibility index (Phi) is 6.36. The van der Waals surface area contributed by atoms with Gasteiger partial charge in [-0.25, -0.2) is 4.79 Å². The van der Waals surface area contributed by atoms with Gasteiger partial charge < -0.3 is 10.1 Å². The molecule has 0 atom stereocenters. The molecule has 0 spiro atoms. The fourth-order valence-corrected chi connectivity index (χ4v) is 2.62. The van der Waals surface area contributed by atoms with Crippen molar-refractivity contribution in [1.29, 1.82) is 0 Å². The second kappa shape index (κ2) is 8.49. The summed E-state index contributed by atoms with van der Waals surface area (Å²) in [5.74, 6) is -0.297. The maximum Gasteiger partial charge on any atom is 0.338 e. The van der Waals surface area contributed by atoms with Gasteiger partial charge in [0.1, 0.15) is 0 Å². The summed E-state index contributed by atoms with van der Waals surface area (Å²) in [6.07, 6.45) is 2.35. The minimum atomic E-state index is -0.297. The zero-order valence-corrected chi connectivity index (χ0v) is 14.2. The van der Waals surface area contributed by atoms with E-state index < -0.39 is 0 Å². The van der Waals surface area contributed by atoms with Gasteiger partial charge in [-0.05, 0) is 54.3 Å². The van der Waals surface area contributed by atoms with Crippen LogP contribution in [0.25, 0.3) is 11.1 Å². The summed E-state index contributed by atoms with van der Waals surface area (Å²) >= 11 is 0. The molecule has 3 nitrogen and oxygen atoms in total. The van der Waals surface area contributed by atoms with Crippen LogP contribution in [-0.4, -0.2) is 19.6 Å². The molecule has 2 aromatic carbocycles. The Morgan fingerprint density at radius 3 is 2.61 bits per heavy atom. The minimum absolute atomic E-state index is 0.297. The summed E-state index contributed by atoms with van der Waals surface area (Å²) in [6.45, 7) is 6.06. The highest BCUT2D eigenvalue weighted by molar-refractivity contribution is 5.97. The van der Waals surface area contributed by atoms with Crippen LogP contribution in [0.2, 0.25) is 0 Å². The number of carbonyl (C=O) groups is 1. The molecule has 0 aromatic heterocycles. The molecule has 0 fully saturated rings. The lowest BCUT2D eigenvalue weighted by molar-refractivity contribution is 0.0601. The van der Waals surface area contributed by atoms with Gasteiger partial charge in [-0.3, -0.25) is 0 Å². The highest BCUT2D eigenvalue weighted by Gasteiger charge is 2.15. The molecule has 0 aliphatic heterocycles. The number of aryl methyl sites for hydroxylation is 1. The molecule has 0 aliphatic rings. The largest absolute Gasteiger partial charge is 0.465 e. The number of ether oxygens (including phenoxy) is 1. The molecule has 0 radical (unpaired) electrons. The van der Waals surface area contributed by atoms with Crippen LogP contribution in [0.3, 0.4) is 0 Å². The fraction of sp³-hybridized carbons (Fsp3) is 0.350. The Bertz CT molecular complexity index is 664. The molecule has 0 saturated heterocycles. The number of benzene rings is 2. The molecule has 0 bridgehead atoms. The average Bonchev–Trinajstić information content (AvgIpc) is 2.58. The van der Waals surface area contributed by atoms with Crippen LogP contribution in [0, 0.1) is 6.92 Å². The monoisotopic (exact) mass is 311 g/mol. The Balaban J connectivity index is 2.35. The zero-order chi connectivity index (χ0) is 16.7. The van der Waals surface area contributed by atoms with Crippen LogP contribution < -0.4 is 5.32 Å². The minimum Gasteiger partial charge on any atom is -0.465 e. The van der Waals surface area contributed by atoms with Gasteiger partial charge in [-0.1, -0.05) is 43.7 Å². The molecule has 0 saturated carbocycles. The van der Waals surface area contributed by atoms with Crippen molar-refractivity contribution in [2.75, 3.05) is 13.7 Å². The van der Waals surface area contributed by atoms with E-state index in [-0.39, 0.29) is 5.97 Å². The lowest BCUT2D eigenvalue weighted by Crippen LogP contribution is -2.15. The molecular formula is C20H25NO2. The van der Waals surface area contributed by atoms with Crippen LogP contribution in [-0.2, 0) is 11.3 Å². The fourth-order valence-electron chi connectivity index (χ4n) is 2.62. The second-order valence-electron chi connectivity index (χ2n) is 5.72. The van der Waals surface area contributed by atoms with Gasteiger partial charge >= 0.3 is 5.97 Å². The number of methoxy groups -OCH3 is 1. The van der Waals surface area contributed by atoms with Crippen molar-refractivity contribution >= 4 is 5.97 Å². The van der Waals surface area contributed by atoms with Gasteiger partial charge in [0.2, 0.25) is 0 Å². The second-order valence-corrected chi connectivity index (χ2v) is 5.72. The first-order valence-corrected chi connectivity index (χ1v) is 8.15. The van der Waals surface area contributed by atoms with Crippen molar-refractivity contribution in [2.45, 2.75) is 33.2 Å². The van der Waals surface area contributed by atoms with Gasteiger partial charge in [-0.15, -0.1) is 0 Å². The van der Waals surface area contributed by atoms with E-state index in [9.17, 15) is 4.79 Å². The average molecular weight is 311 g/mol. The maximum atomic E-state index is 12.1. The first-order valence-electron chi connectivity index (χ1n) is 8.15. The number of rotatable bonds is 7. The van der Waals surface area contributed by atoms with Gasteiger partial charge in [0, 0.05) is 6.54 Å². The Hall–Kier alpha value is -2.13. The number of hydrogen-bond donors (Lipinski definition) is 1. The molecule has 2 aromatic rings. The number of unbranched alkanes of at least 4 members (excludes halogenated alkanes) is 1. The van der Waals surface area contributed by atoms with Crippen LogP contribution in [0.5, 0.6) is 0 Å².